The summed E-state index contributed by atoms with van der Waals surface area (Å²) in [5.74, 6) is -1.07. The summed E-state index contributed by atoms with van der Waals surface area (Å²) in [6.45, 7) is 3.20. The zero-order valence-electron chi connectivity index (χ0n) is 13.4. The minimum Gasteiger partial charge on any atom is -0.469 e. The lowest BCUT2D eigenvalue weighted by molar-refractivity contribution is -0.136. The highest BCUT2D eigenvalue weighted by Gasteiger charge is 2.25. The second-order valence-electron chi connectivity index (χ2n) is 5.80. The fourth-order valence-electron chi connectivity index (χ4n) is 2.12. The van der Waals surface area contributed by atoms with E-state index in [9.17, 15) is 14.7 Å². The Morgan fingerprint density at radius 1 is 1.25 bits per heavy atom. The van der Waals surface area contributed by atoms with Crippen molar-refractivity contribution in [2.75, 3.05) is 11.9 Å². The second kappa shape index (κ2) is 7.51. The van der Waals surface area contributed by atoms with Gasteiger partial charge in [0.25, 0.3) is 0 Å². The summed E-state index contributed by atoms with van der Waals surface area (Å²) in [4.78, 5) is 23.8. The zero-order valence-corrected chi connectivity index (χ0v) is 14.2. The van der Waals surface area contributed by atoms with Gasteiger partial charge in [0, 0.05) is 23.7 Å². The number of carbonyl (C=O) groups is 2. The van der Waals surface area contributed by atoms with Gasteiger partial charge in [-0.1, -0.05) is 17.7 Å². The molecule has 6 nitrogen and oxygen atoms in total. The number of hydrogen-bond donors (Lipinski definition) is 3. The first-order chi connectivity index (χ1) is 11.3. The Balaban J connectivity index is 1.89. The highest BCUT2D eigenvalue weighted by molar-refractivity contribution is 6.40. The SMILES string of the molecule is Cc1c(Cl)cccc1NC(=O)C(=O)NCC(C)(O)Cc1ccco1. The van der Waals surface area contributed by atoms with Crippen molar-refractivity contribution < 1.29 is 19.1 Å². The van der Waals surface area contributed by atoms with Crippen molar-refractivity contribution in [3.8, 4) is 0 Å². The summed E-state index contributed by atoms with van der Waals surface area (Å²) in [5, 5.41) is 15.7. The third kappa shape index (κ3) is 4.84. The van der Waals surface area contributed by atoms with E-state index in [0.29, 0.717) is 22.0 Å². The molecule has 2 aromatic rings. The number of rotatable bonds is 5. The van der Waals surface area contributed by atoms with Gasteiger partial charge in [-0.25, -0.2) is 0 Å². The van der Waals surface area contributed by atoms with E-state index in [1.54, 1.807) is 44.2 Å². The van der Waals surface area contributed by atoms with Crippen LogP contribution >= 0.6 is 11.6 Å². The summed E-state index contributed by atoms with van der Waals surface area (Å²) in [7, 11) is 0. The predicted molar refractivity (Wildman–Crippen MR) is 90.9 cm³/mol. The molecule has 128 valence electrons. The van der Waals surface area contributed by atoms with Crippen LogP contribution in [0, 0.1) is 6.92 Å². The lowest BCUT2D eigenvalue weighted by Gasteiger charge is -2.22. The molecule has 0 spiro atoms. The van der Waals surface area contributed by atoms with Crippen LogP contribution in [0.5, 0.6) is 0 Å². The standard InChI is InChI=1S/C17H19ClN2O4/c1-11-13(18)6-3-7-14(11)20-16(22)15(21)19-10-17(2,23)9-12-5-4-8-24-12/h3-8,23H,9-10H2,1-2H3,(H,19,21)(H,20,22). The van der Waals surface area contributed by atoms with Crippen molar-refractivity contribution in [1.82, 2.24) is 5.32 Å². The fourth-order valence-corrected chi connectivity index (χ4v) is 2.30. The number of halogens is 1. The minimum atomic E-state index is -1.24. The first-order valence-corrected chi connectivity index (χ1v) is 7.75. The number of anilines is 1. The molecule has 0 saturated carbocycles. The summed E-state index contributed by atoms with van der Waals surface area (Å²) < 4.78 is 5.16. The Morgan fingerprint density at radius 3 is 2.67 bits per heavy atom. The quantitative estimate of drug-likeness (QED) is 0.721. The third-order valence-corrected chi connectivity index (χ3v) is 3.90. The number of furan rings is 1. The van der Waals surface area contributed by atoms with Crippen LogP contribution in [0.2, 0.25) is 5.02 Å². The molecule has 0 aliphatic rings. The van der Waals surface area contributed by atoms with E-state index in [4.69, 9.17) is 16.0 Å². The van der Waals surface area contributed by atoms with Crippen LogP contribution in [0.4, 0.5) is 5.69 Å². The van der Waals surface area contributed by atoms with Gasteiger partial charge in [0.15, 0.2) is 0 Å². The molecule has 1 atom stereocenters. The Hall–Kier alpha value is -2.31. The number of nitrogens with one attached hydrogen (secondary N) is 2. The van der Waals surface area contributed by atoms with Crippen molar-refractivity contribution in [1.29, 1.82) is 0 Å². The maximum atomic E-state index is 11.9. The maximum absolute atomic E-state index is 11.9. The zero-order chi connectivity index (χ0) is 17.7. The summed E-state index contributed by atoms with van der Waals surface area (Å²) in [6, 6.07) is 8.46. The smallest absolute Gasteiger partial charge is 0.313 e. The largest absolute Gasteiger partial charge is 0.469 e. The van der Waals surface area contributed by atoms with E-state index >= 15 is 0 Å². The molecule has 0 saturated heterocycles. The van der Waals surface area contributed by atoms with Crippen LogP contribution in [-0.4, -0.2) is 29.1 Å². The van der Waals surface area contributed by atoms with Crippen LogP contribution in [0.15, 0.2) is 41.0 Å². The number of amides is 2. The summed E-state index contributed by atoms with van der Waals surface area (Å²) in [5.41, 5.74) is -0.102. The summed E-state index contributed by atoms with van der Waals surface area (Å²) >= 11 is 5.97. The molecule has 0 aliphatic carbocycles. The molecule has 1 aromatic carbocycles. The summed E-state index contributed by atoms with van der Waals surface area (Å²) in [6.07, 6.45) is 1.72. The van der Waals surface area contributed by atoms with Gasteiger partial charge in [0.05, 0.1) is 11.9 Å². The van der Waals surface area contributed by atoms with E-state index in [0.717, 1.165) is 0 Å². The molecule has 24 heavy (non-hydrogen) atoms. The van der Waals surface area contributed by atoms with Gasteiger partial charge in [-0.2, -0.15) is 0 Å². The third-order valence-electron chi connectivity index (χ3n) is 3.49. The maximum Gasteiger partial charge on any atom is 0.313 e. The van der Waals surface area contributed by atoms with E-state index in [2.05, 4.69) is 10.6 Å². The lowest BCUT2D eigenvalue weighted by atomic mass is 10.0. The van der Waals surface area contributed by atoms with Gasteiger partial charge >= 0.3 is 11.8 Å². The van der Waals surface area contributed by atoms with Crippen LogP contribution in [0.3, 0.4) is 0 Å². The number of carbonyl (C=O) groups excluding carboxylic acids is 2. The van der Waals surface area contributed by atoms with Crippen molar-refractivity contribution in [3.63, 3.8) is 0 Å². The van der Waals surface area contributed by atoms with E-state index in [-0.39, 0.29) is 13.0 Å². The molecule has 0 bridgehead atoms. The van der Waals surface area contributed by atoms with Gasteiger partial charge in [-0.05, 0) is 43.7 Å². The van der Waals surface area contributed by atoms with Gasteiger partial charge in [-0.3, -0.25) is 9.59 Å². The Bertz CT molecular complexity index is 726. The fraction of sp³-hybridized carbons (Fsp3) is 0.294. The number of benzene rings is 1. The molecule has 0 radical (unpaired) electrons. The predicted octanol–water partition coefficient (Wildman–Crippen LogP) is 2.29. The van der Waals surface area contributed by atoms with Crippen molar-refractivity contribution in [2.45, 2.75) is 25.9 Å². The Labute approximate surface area is 144 Å². The normalized spacial score (nSPS) is 13.2. The van der Waals surface area contributed by atoms with Crippen LogP contribution in [0.25, 0.3) is 0 Å². The van der Waals surface area contributed by atoms with Gasteiger partial charge in [-0.15, -0.1) is 0 Å². The highest BCUT2D eigenvalue weighted by atomic mass is 35.5. The molecule has 7 heteroatoms. The molecule has 3 N–H and O–H groups in total. The molecule has 1 unspecified atom stereocenters. The monoisotopic (exact) mass is 350 g/mol. The first-order valence-electron chi connectivity index (χ1n) is 7.37. The number of aliphatic hydroxyl groups is 1. The van der Waals surface area contributed by atoms with Crippen molar-refractivity contribution in [3.05, 3.63) is 52.9 Å². The van der Waals surface area contributed by atoms with Gasteiger partial charge < -0.3 is 20.2 Å². The molecule has 1 heterocycles. The molecule has 0 fully saturated rings. The van der Waals surface area contributed by atoms with E-state index in [1.807, 2.05) is 0 Å². The van der Waals surface area contributed by atoms with E-state index in [1.165, 1.54) is 6.26 Å². The Kier molecular flexibility index (Phi) is 5.64. The first kappa shape index (κ1) is 18.0. The average molecular weight is 351 g/mol. The van der Waals surface area contributed by atoms with Crippen LogP contribution in [0.1, 0.15) is 18.2 Å². The van der Waals surface area contributed by atoms with Crippen molar-refractivity contribution in [2.24, 2.45) is 0 Å². The molecule has 2 rings (SSSR count). The van der Waals surface area contributed by atoms with Gasteiger partial charge in [0.1, 0.15) is 5.76 Å². The average Bonchev–Trinajstić information content (AvgIpc) is 3.01. The molecular formula is C17H19ClN2O4. The van der Waals surface area contributed by atoms with E-state index < -0.39 is 17.4 Å². The van der Waals surface area contributed by atoms with Crippen LogP contribution in [-0.2, 0) is 16.0 Å². The topological polar surface area (TPSA) is 91.6 Å². The van der Waals surface area contributed by atoms with Crippen LogP contribution < -0.4 is 10.6 Å². The van der Waals surface area contributed by atoms with Crippen molar-refractivity contribution >= 4 is 29.1 Å². The molecule has 1 aromatic heterocycles. The minimum absolute atomic E-state index is 0.0888. The second-order valence-corrected chi connectivity index (χ2v) is 6.21. The molecular weight excluding hydrogens is 332 g/mol. The Morgan fingerprint density at radius 2 is 2.00 bits per heavy atom. The highest BCUT2D eigenvalue weighted by Crippen LogP contribution is 2.22. The molecule has 0 aliphatic heterocycles. The number of hydrogen-bond acceptors (Lipinski definition) is 4. The lowest BCUT2D eigenvalue weighted by Crippen LogP contribution is -2.45. The van der Waals surface area contributed by atoms with Gasteiger partial charge in [0.2, 0.25) is 0 Å². The molecule has 2 amide bonds.